The third-order valence-electron chi connectivity index (χ3n) is 9.34. The highest BCUT2D eigenvalue weighted by atomic mass is 32.1. The van der Waals surface area contributed by atoms with E-state index in [-0.39, 0.29) is 0 Å². The summed E-state index contributed by atoms with van der Waals surface area (Å²) >= 11 is 3.71. The highest BCUT2D eigenvalue weighted by molar-refractivity contribution is 7.26. The molecule has 0 bridgehead atoms. The average molecular weight is 733 g/mol. The lowest BCUT2D eigenvalue weighted by Crippen LogP contribution is -2.11. The van der Waals surface area contributed by atoms with Crippen molar-refractivity contribution in [1.82, 2.24) is 0 Å². The maximum atomic E-state index is 3.36. The van der Waals surface area contributed by atoms with Gasteiger partial charge in [-0.2, -0.15) is 0 Å². The molecule has 0 aliphatic rings. The van der Waals surface area contributed by atoms with E-state index in [1.54, 1.807) is 6.08 Å². The molecule has 2 nitrogen and oxygen atoms in total. The van der Waals surface area contributed by atoms with Crippen LogP contribution in [0.25, 0.3) is 46.4 Å². The third kappa shape index (κ3) is 6.85. The van der Waals surface area contributed by atoms with Crippen molar-refractivity contribution in [3.8, 4) is 0 Å². The summed E-state index contributed by atoms with van der Waals surface area (Å²) in [5.41, 5.74) is 7.96. The van der Waals surface area contributed by atoms with Crippen LogP contribution in [0.4, 0.5) is 34.1 Å². The lowest BCUT2D eigenvalue weighted by Gasteiger charge is -2.27. The second-order valence-corrected chi connectivity index (χ2v) is 15.1. The normalized spacial score (nSPS) is 11.4. The first-order chi connectivity index (χ1) is 26.7. The fraction of sp³-hybridized carbons (Fsp3) is 0.0400. The molecule has 2 heterocycles. The predicted molar refractivity (Wildman–Crippen MR) is 241 cm³/mol. The van der Waals surface area contributed by atoms with Gasteiger partial charge in [0.15, 0.2) is 0 Å². The van der Waals surface area contributed by atoms with E-state index in [1.165, 1.54) is 45.9 Å². The molecule has 9 rings (SSSR count). The number of thiophene rings is 2. The molecule has 2 aromatic heterocycles. The van der Waals surface area contributed by atoms with Gasteiger partial charge in [-0.1, -0.05) is 103 Å². The standard InChI is InChI=1S/C47H34N2S2.C3H6/c1-2-3-7-16-33-29-47-42(32-43(33)49(35-19-10-5-11-20-35)36-21-12-6-13-22-36)41-31-38(26-28-46(41)51-47)48(34-17-8-4-9-18-34)37-25-27-45-40(30-37)39-23-14-15-24-44(39)50-45;1-3-2/h2-32H,1H3;3H,1H2,2H3/b3-2-,16-7-;. The fourth-order valence-electron chi connectivity index (χ4n) is 7.01. The average Bonchev–Trinajstić information content (AvgIpc) is 3.77. The lowest BCUT2D eigenvalue weighted by molar-refractivity contribution is 1.28. The Labute approximate surface area is 325 Å². The zero-order chi connectivity index (χ0) is 36.9. The summed E-state index contributed by atoms with van der Waals surface area (Å²) in [4.78, 5) is 4.77. The molecule has 0 aliphatic heterocycles. The molecule has 0 atom stereocenters. The van der Waals surface area contributed by atoms with Crippen molar-refractivity contribution in [3.05, 3.63) is 200 Å². The number of para-hydroxylation sites is 3. The first-order valence-corrected chi connectivity index (χ1v) is 19.8. The van der Waals surface area contributed by atoms with Gasteiger partial charge in [0.25, 0.3) is 0 Å². The van der Waals surface area contributed by atoms with Crippen LogP contribution in [0.15, 0.2) is 195 Å². The Morgan fingerprint density at radius 3 is 1.46 bits per heavy atom. The number of nitrogens with zero attached hydrogens (tertiary/aromatic N) is 2. The number of rotatable bonds is 8. The second-order valence-electron chi connectivity index (χ2n) is 12.9. The van der Waals surface area contributed by atoms with Crippen LogP contribution in [-0.2, 0) is 0 Å². The van der Waals surface area contributed by atoms with Crippen LogP contribution in [-0.4, -0.2) is 0 Å². The molecule has 9 aromatic rings. The van der Waals surface area contributed by atoms with Gasteiger partial charge < -0.3 is 9.80 Å². The van der Waals surface area contributed by atoms with Crippen molar-refractivity contribution in [2.24, 2.45) is 0 Å². The molecular formula is C50H40N2S2. The van der Waals surface area contributed by atoms with Gasteiger partial charge in [-0.15, -0.1) is 29.3 Å². The number of fused-ring (bicyclic) bond motifs is 6. The zero-order valence-electron chi connectivity index (χ0n) is 30.4. The summed E-state index contributed by atoms with van der Waals surface area (Å²) in [5, 5.41) is 5.10. The highest BCUT2D eigenvalue weighted by Crippen LogP contribution is 2.46. The van der Waals surface area contributed by atoms with Gasteiger partial charge in [-0.05, 0) is 110 Å². The largest absolute Gasteiger partial charge is 0.310 e. The zero-order valence-corrected chi connectivity index (χ0v) is 32.0. The van der Waals surface area contributed by atoms with Crippen LogP contribution in [0.1, 0.15) is 19.4 Å². The van der Waals surface area contributed by atoms with E-state index in [4.69, 9.17) is 0 Å². The number of benzene rings is 7. The molecule has 7 aromatic carbocycles. The smallest absolute Gasteiger partial charge is 0.0541 e. The van der Waals surface area contributed by atoms with Crippen LogP contribution < -0.4 is 9.80 Å². The molecule has 0 amide bonds. The summed E-state index contributed by atoms with van der Waals surface area (Å²) in [7, 11) is 0. The second kappa shape index (κ2) is 15.8. The van der Waals surface area contributed by atoms with Crippen molar-refractivity contribution in [2.45, 2.75) is 13.8 Å². The minimum absolute atomic E-state index is 1.12. The Bertz CT molecular complexity index is 2720. The number of allylic oxidation sites excluding steroid dienone is 4. The molecule has 0 unspecified atom stereocenters. The van der Waals surface area contributed by atoms with Crippen molar-refractivity contribution in [1.29, 1.82) is 0 Å². The molecular weight excluding hydrogens is 693 g/mol. The summed E-state index contributed by atoms with van der Waals surface area (Å²) in [6.45, 7) is 7.30. The van der Waals surface area contributed by atoms with Gasteiger partial charge in [0, 0.05) is 68.8 Å². The van der Waals surface area contributed by atoms with E-state index in [9.17, 15) is 0 Å². The van der Waals surface area contributed by atoms with Gasteiger partial charge >= 0.3 is 0 Å². The van der Waals surface area contributed by atoms with E-state index in [0.29, 0.717) is 0 Å². The van der Waals surface area contributed by atoms with Gasteiger partial charge in [0.2, 0.25) is 0 Å². The van der Waals surface area contributed by atoms with Crippen LogP contribution in [0.5, 0.6) is 0 Å². The maximum Gasteiger partial charge on any atom is 0.0541 e. The maximum absolute atomic E-state index is 3.36. The monoisotopic (exact) mass is 732 g/mol. The molecule has 262 valence electrons. The molecule has 0 spiro atoms. The lowest BCUT2D eigenvalue weighted by atomic mass is 10.0. The molecule has 0 saturated heterocycles. The third-order valence-corrected chi connectivity index (χ3v) is 11.6. The molecule has 0 aliphatic carbocycles. The van der Waals surface area contributed by atoms with Crippen molar-refractivity contribution in [2.75, 3.05) is 9.80 Å². The van der Waals surface area contributed by atoms with Crippen LogP contribution >= 0.6 is 22.7 Å². The van der Waals surface area contributed by atoms with Gasteiger partial charge in [-0.25, -0.2) is 0 Å². The molecule has 0 saturated carbocycles. The Balaban J connectivity index is 0.00000134. The van der Waals surface area contributed by atoms with E-state index in [1.807, 2.05) is 29.6 Å². The molecule has 54 heavy (non-hydrogen) atoms. The summed E-state index contributed by atoms with van der Waals surface area (Å²) in [5.74, 6) is 0. The van der Waals surface area contributed by atoms with E-state index >= 15 is 0 Å². The first-order valence-electron chi connectivity index (χ1n) is 18.2. The van der Waals surface area contributed by atoms with Crippen LogP contribution in [0.2, 0.25) is 0 Å². The Hall–Kier alpha value is -6.20. The molecule has 0 radical (unpaired) electrons. The minimum Gasteiger partial charge on any atom is -0.310 e. The Kier molecular flexibility index (Phi) is 10.2. The van der Waals surface area contributed by atoms with Gasteiger partial charge in [0.1, 0.15) is 0 Å². The Morgan fingerprint density at radius 1 is 0.426 bits per heavy atom. The van der Waals surface area contributed by atoms with Crippen molar-refractivity contribution < 1.29 is 0 Å². The molecule has 4 heteroatoms. The summed E-state index contributed by atoms with van der Waals surface area (Å²) < 4.78 is 5.16. The number of anilines is 6. The van der Waals surface area contributed by atoms with Crippen molar-refractivity contribution in [3.63, 3.8) is 0 Å². The van der Waals surface area contributed by atoms with Crippen LogP contribution in [0, 0.1) is 0 Å². The van der Waals surface area contributed by atoms with E-state index in [2.05, 4.69) is 211 Å². The minimum atomic E-state index is 1.12. The molecule has 0 fully saturated rings. The van der Waals surface area contributed by atoms with Crippen molar-refractivity contribution >= 4 is 103 Å². The number of hydrogen-bond donors (Lipinski definition) is 0. The SMILES string of the molecule is C/C=C\C=C/c1cc2sc3ccc(N(c4ccccc4)c4ccc5sc6ccccc6c5c4)cc3c2cc1N(c1ccccc1)c1ccccc1.C=CC. The van der Waals surface area contributed by atoms with E-state index < -0.39 is 0 Å². The quantitative estimate of drug-likeness (QED) is 0.113. The Morgan fingerprint density at radius 2 is 0.889 bits per heavy atom. The van der Waals surface area contributed by atoms with Crippen LogP contribution in [0.3, 0.4) is 0 Å². The summed E-state index contributed by atoms with van der Waals surface area (Å²) in [6, 6.07) is 59.4. The topological polar surface area (TPSA) is 6.48 Å². The highest BCUT2D eigenvalue weighted by Gasteiger charge is 2.20. The van der Waals surface area contributed by atoms with Gasteiger partial charge in [-0.3, -0.25) is 0 Å². The summed E-state index contributed by atoms with van der Waals surface area (Å²) in [6.07, 6.45) is 10.3. The fourth-order valence-corrected chi connectivity index (χ4v) is 9.21. The van der Waals surface area contributed by atoms with Gasteiger partial charge in [0.05, 0.1) is 5.69 Å². The molecule has 0 N–H and O–H groups in total. The number of hydrogen-bond acceptors (Lipinski definition) is 4. The predicted octanol–water partition coefficient (Wildman–Crippen LogP) is 16.1. The van der Waals surface area contributed by atoms with E-state index in [0.717, 1.165) is 34.1 Å². The first kappa shape index (κ1) is 34.9.